The largest absolute Gasteiger partial charge is 0.319 e. The van der Waals surface area contributed by atoms with Crippen LogP contribution in [0.3, 0.4) is 0 Å². The van der Waals surface area contributed by atoms with Crippen molar-refractivity contribution in [3.8, 4) is 0 Å². The SMILES string of the molecule is CS(=O)(=O)Nc1ccccc1NC(=O)c1ccc2ccccc2n1. The van der Waals surface area contributed by atoms with E-state index < -0.39 is 15.9 Å². The van der Waals surface area contributed by atoms with E-state index in [2.05, 4.69) is 15.0 Å². The minimum absolute atomic E-state index is 0.253. The number of nitrogens with one attached hydrogen (secondary N) is 2. The first kappa shape index (κ1) is 15.9. The van der Waals surface area contributed by atoms with Gasteiger partial charge in [0.25, 0.3) is 5.91 Å². The topological polar surface area (TPSA) is 88.2 Å². The summed E-state index contributed by atoms with van der Waals surface area (Å²) in [6.07, 6.45) is 1.05. The average Bonchev–Trinajstić information content (AvgIpc) is 2.55. The highest BCUT2D eigenvalue weighted by Crippen LogP contribution is 2.22. The van der Waals surface area contributed by atoms with Crippen molar-refractivity contribution in [3.63, 3.8) is 0 Å². The van der Waals surface area contributed by atoms with Gasteiger partial charge in [-0.1, -0.05) is 36.4 Å². The van der Waals surface area contributed by atoms with E-state index in [0.29, 0.717) is 16.9 Å². The Balaban J connectivity index is 1.89. The Bertz CT molecular complexity index is 1020. The molecule has 0 aliphatic carbocycles. The summed E-state index contributed by atoms with van der Waals surface area (Å²) >= 11 is 0. The Kier molecular flexibility index (Phi) is 4.18. The van der Waals surface area contributed by atoms with Crippen LogP contribution in [0.15, 0.2) is 60.7 Å². The normalized spacial score (nSPS) is 11.2. The first-order chi connectivity index (χ1) is 11.4. The molecule has 24 heavy (non-hydrogen) atoms. The Morgan fingerprint density at radius 2 is 1.58 bits per heavy atom. The third-order valence-corrected chi connectivity index (χ3v) is 3.89. The number of hydrogen-bond acceptors (Lipinski definition) is 4. The molecule has 1 aromatic heterocycles. The second-order valence-electron chi connectivity index (χ2n) is 5.26. The predicted molar refractivity (Wildman–Crippen MR) is 94.6 cm³/mol. The molecule has 2 N–H and O–H groups in total. The second-order valence-corrected chi connectivity index (χ2v) is 7.01. The van der Waals surface area contributed by atoms with Gasteiger partial charge >= 0.3 is 0 Å². The molecule has 0 saturated carbocycles. The molecule has 0 aliphatic heterocycles. The van der Waals surface area contributed by atoms with E-state index >= 15 is 0 Å². The fourth-order valence-corrected chi connectivity index (χ4v) is 2.84. The summed E-state index contributed by atoms with van der Waals surface area (Å²) in [6, 6.07) is 17.5. The van der Waals surface area contributed by atoms with Gasteiger partial charge in [-0.15, -0.1) is 0 Å². The van der Waals surface area contributed by atoms with Crippen LogP contribution >= 0.6 is 0 Å². The summed E-state index contributed by atoms with van der Waals surface area (Å²) in [4.78, 5) is 16.7. The monoisotopic (exact) mass is 341 g/mol. The third-order valence-electron chi connectivity index (χ3n) is 3.30. The van der Waals surface area contributed by atoms with E-state index in [0.717, 1.165) is 11.6 Å². The molecule has 0 fully saturated rings. The van der Waals surface area contributed by atoms with Crippen LogP contribution in [0.5, 0.6) is 0 Å². The molecule has 0 aliphatic rings. The lowest BCUT2D eigenvalue weighted by atomic mass is 10.2. The van der Waals surface area contributed by atoms with Gasteiger partial charge in [0.2, 0.25) is 10.0 Å². The van der Waals surface area contributed by atoms with E-state index in [1.165, 1.54) is 0 Å². The van der Waals surface area contributed by atoms with Crippen molar-refractivity contribution in [1.82, 2.24) is 4.98 Å². The van der Waals surface area contributed by atoms with E-state index in [1.54, 1.807) is 30.3 Å². The number of fused-ring (bicyclic) bond motifs is 1. The van der Waals surface area contributed by atoms with E-state index in [-0.39, 0.29) is 5.69 Å². The minimum atomic E-state index is -3.45. The zero-order valence-electron chi connectivity index (χ0n) is 12.9. The number of carbonyl (C=O) groups excluding carboxylic acids is 1. The van der Waals surface area contributed by atoms with E-state index in [4.69, 9.17) is 0 Å². The van der Waals surface area contributed by atoms with Crippen molar-refractivity contribution in [1.29, 1.82) is 0 Å². The number of rotatable bonds is 4. The van der Waals surface area contributed by atoms with Crippen molar-refractivity contribution in [2.75, 3.05) is 16.3 Å². The van der Waals surface area contributed by atoms with Crippen molar-refractivity contribution in [2.24, 2.45) is 0 Å². The highest BCUT2D eigenvalue weighted by molar-refractivity contribution is 7.92. The fraction of sp³-hybridized carbons (Fsp3) is 0.0588. The summed E-state index contributed by atoms with van der Waals surface area (Å²) in [6.45, 7) is 0. The molecule has 6 nitrogen and oxygen atoms in total. The number of nitrogens with zero attached hydrogens (tertiary/aromatic N) is 1. The summed E-state index contributed by atoms with van der Waals surface area (Å²) in [5.41, 5.74) is 1.63. The van der Waals surface area contributed by atoms with Gasteiger partial charge in [0, 0.05) is 5.39 Å². The maximum absolute atomic E-state index is 12.4. The molecule has 0 spiro atoms. The van der Waals surface area contributed by atoms with Crippen LogP contribution in [0.4, 0.5) is 11.4 Å². The summed E-state index contributed by atoms with van der Waals surface area (Å²) < 4.78 is 25.2. The maximum atomic E-state index is 12.4. The predicted octanol–water partition coefficient (Wildman–Crippen LogP) is 2.86. The average molecular weight is 341 g/mol. The molecule has 0 atom stereocenters. The first-order valence-corrected chi connectivity index (χ1v) is 9.05. The van der Waals surface area contributed by atoms with Crippen LogP contribution < -0.4 is 10.0 Å². The van der Waals surface area contributed by atoms with Gasteiger partial charge in [-0.05, 0) is 24.3 Å². The summed E-state index contributed by atoms with van der Waals surface area (Å²) in [5.74, 6) is -0.413. The Hall–Kier alpha value is -2.93. The number of hydrogen-bond donors (Lipinski definition) is 2. The van der Waals surface area contributed by atoms with Gasteiger partial charge in [-0.3, -0.25) is 9.52 Å². The molecule has 0 unspecified atom stereocenters. The smallest absolute Gasteiger partial charge is 0.274 e. The number of carbonyl (C=O) groups is 1. The highest BCUT2D eigenvalue weighted by Gasteiger charge is 2.12. The fourth-order valence-electron chi connectivity index (χ4n) is 2.26. The molecule has 0 saturated heterocycles. The minimum Gasteiger partial charge on any atom is -0.319 e. The molecule has 3 rings (SSSR count). The molecule has 122 valence electrons. The van der Waals surface area contributed by atoms with Gasteiger partial charge in [0.15, 0.2) is 0 Å². The maximum Gasteiger partial charge on any atom is 0.274 e. The van der Waals surface area contributed by atoms with Crippen molar-refractivity contribution in [3.05, 3.63) is 66.4 Å². The molecular weight excluding hydrogens is 326 g/mol. The molecule has 1 heterocycles. The second kappa shape index (κ2) is 6.29. The number of pyridine rings is 1. The summed E-state index contributed by atoms with van der Waals surface area (Å²) in [5, 5.41) is 3.62. The van der Waals surface area contributed by atoms with Crippen molar-refractivity contribution >= 4 is 38.2 Å². The van der Waals surface area contributed by atoms with Crippen LogP contribution in [0, 0.1) is 0 Å². The zero-order valence-corrected chi connectivity index (χ0v) is 13.7. The van der Waals surface area contributed by atoms with Crippen LogP contribution in [0.25, 0.3) is 10.9 Å². The standard InChI is InChI=1S/C17H15N3O3S/c1-24(22,23)20-15-9-5-4-8-14(15)19-17(21)16-11-10-12-6-2-3-7-13(12)18-16/h2-11,20H,1H3,(H,19,21). The lowest BCUT2D eigenvalue weighted by Gasteiger charge is -2.11. The number of amides is 1. The Morgan fingerprint density at radius 1 is 0.917 bits per heavy atom. The van der Waals surface area contributed by atoms with Crippen LogP contribution in [0.2, 0.25) is 0 Å². The third kappa shape index (κ3) is 3.69. The Labute approximate surface area is 139 Å². The molecule has 2 aromatic carbocycles. The number of benzene rings is 2. The molecule has 1 amide bonds. The van der Waals surface area contributed by atoms with Crippen molar-refractivity contribution < 1.29 is 13.2 Å². The quantitative estimate of drug-likeness (QED) is 0.764. The molecular formula is C17H15N3O3S. The number of sulfonamides is 1. The van der Waals surface area contributed by atoms with Gasteiger partial charge in [0.1, 0.15) is 5.69 Å². The number of aromatic nitrogens is 1. The highest BCUT2D eigenvalue weighted by atomic mass is 32.2. The van der Waals surface area contributed by atoms with E-state index in [1.807, 2.05) is 30.3 Å². The Morgan fingerprint density at radius 3 is 2.33 bits per heavy atom. The lowest BCUT2D eigenvalue weighted by molar-refractivity contribution is 0.102. The van der Waals surface area contributed by atoms with E-state index in [9.17, 15) is 13.2 Å². The molecule has 7 heteroatoms. The van der Waals surface area contributed by atoms with Gasteiger partial charge in [0.05, 0.1) is 23.1 Å². The first-order valence-electron chi connectivity index (χ1n) is 7.16. The molecule has 3 aromatic rings. The number of anilines is 2. The summed E-state index contributed by atoms with van der Waals surface area (Å²) in [7, 11) is -3.45. The van der Waals surface area contributed by atoms with Gasteiger partial charge in [-0.2, -0.15) is 0 Å². The van der Waals surface area contributed by atoms with Gasteiger partial charge in [-0.25, -0.2) is 13.4 Å². The molecule has 0 bridgehead atoms. The molecule has 0 radical (unpaired) electrons. The lowest BCUT2D eigenvalue weighted by Crippen LogP contribution is -2.17. The van der Waals surface area contributed by atoms with Crippen LogP contribution in [-0.4, -0.2) is 25.6 Å². The number of para-hydroxylation sites is 3. The van der Waals surface area contributed by atoms with Crippen LogP contribution in [0.1, 0.15) is 10.5 Å². The van der Waals surface area contributed by atoms with Crippen LogP contribution in [-0.2, 0) is 10.0 Å². The zero-order chi connectivity index (χ0) is 17.2. The van der Waals surface area contributed by atoms with Crippen molar-refractivity contribution in [2.45, 2.75) is 0 Å². The van der Waals surface area contributed by atoms with Gasteiger partial charge < -0.3 is 5.32 Å².